The highest BCUT2D eigenvalue weighted by molar-refractivity contribution is 9.10. The molecule has 1 heterocycles. The minimum Gasteiger partial charge on any atom is -0.449 e. The fourth-order valence-electron chi connectivity index (χ4n) is 3.19. The van der Waals surface area contributed by atoms with E-state index in [9.17, 15) is 9.59 Å². The molecule has 0 atom stereocenters. The van der Waals surface area contributed by atoms with Gasteiger partial charge in [-0.2, -0.15) is 0 Å². The number of hydrogen-bond donors (Lipinski definition) is 1. The van der Waals surface area contributed by atoms with Crippen molar-refractivity contribution in [1.82, 2.24) is 5.32 Å². The molecule has 4 rings (SSSR count). The molecule has 1 aliphatic heterocycles. The fourth-order valence-corrected chi connectivity index (χ4v) is 3.79. The summed E-state index contributed by atoms with van der Waals surface area (Å²) in [7, 11) is 0. The van der Waals surface area contributed by atoms with Crippen LogP contribution >= 0.6 is 27.5 Å². The molecular weight excluding hydrogens is 480 g/mol. The van der Waals surface area contributed by atoms with Crippen LogP contribution in [0.1, 0.15) is 11.1 Å². The van der Waals surface area contributed by atoms with E-state index in [1.807, 2.05) is 48.5 Å². The molecule has 156 valence electrons. The van der Waals surface area contributed by atoms with Crippen molar-refractivity contribution in [2.75, 3.05) is 11.4 Å². The SMILES string of the molecule is O=C(CN1C(=O)C(=Cc2ccccc2Br)Oc2ccccc21)NCc1ccccc1Cl. The van der Waals surface area contributed by atoms with Gasteiger partial charge in [0.05, 0.1) is 5.69 Å². The zero-order valence-electron chi connectivity index (χ0n) is 16.3. The van der Waals surface area contributed by atoms with E-state index in [0.717, 1.165) is 15.6 Å². The first kappa shape index (κ1) is 21.2. The van der Waals surface area contributed by atoms with Crippen LogP contribution in [-0.4, -0.2) is 18.4 Å². The van der Waals surface area contributed by atoms with Gasteiger partial charge < -0.3 is 10.1 Å². The van der Waals surface area contributed by atoms with Crippen LogP contribution in [0.2, 0.25) is 5.02 Å². The Labute approximate surface area is 193 Å². The van der Waals surface area contributed by atoms with Crippen LogP contribution in [0.5, 0.6) is 5.75 Å². The molecule has 3 aromatic rings. The Balaban J connectivity index is 1.57. The Morgan fingerprint density at radius 1 is 1.03 bits per heavy atom. The van der Waals surface area contributed by atoms with E-state index in [1.54, 1.807) is 30.3 Å². The van der Waals surface area contributed by atoms with Gasteiger partial charge in [-0.15, -0.1) is 0 Å². The highest BCUT2D eigenvalue weighted by Crippen LogP contribution is 2.35. The summed E-state index contributed by atoms with van der Waals surface area (Å²) < 4.78 is 6.69. The average Bonchev–Trinajstić information content (AvgIpc) is 2.77. The molecule has 0 aromatic heterocycles. The molecule has 7 heteroatoms. The van der Waals surface area contributed by atoms with Gasteiger partial charge in [0.15, 0.2) is 11.5 Å². The molecule has 31 heavy (non-hydrogen) atoms. The van der Waals surface area contributed by atoms with E-state index in [1.165, 1.54) is 4.90 Å². The van der Waals surface area contributed by atoms with E-state index in [4.69, 9.17) is 16.3 Å². The number of carbonyl (C=O) groups is 2. The first-order valence-corrected chi connectivity index (χ1v) is 10.7. The molecule has 0 saturated heterocycles. The van der Waals surface area contributed by atoms with Crippen LogP contribution in [0.4, 0.5) is 5.69 Å². The molecule has 2 amide bonds. The van der Waals surface area contributed by atoms with Gasteiger partial charge in [0.1, 0.15) is 6.54 Å². The number of rotatable bonds is 5. The summed E-state index contributed by atoms with van der Waals surface area (Å²) in [6.07, 6.45) is 1.66. The molecule has 3 aromatic carbocycles. The molecule has 5 nitrogen and oxygen atoms in total. The van der Waals surface area contributed by atoms with Crippen molar-refractivity contribution in [3.05, 3.63) is 99.2 Å². The van der Waals surface area contributed by atoms with Gasteiger partial charge in [-0.1, -0.05) is 76.1 Å². The summed E-state index contributed by atoms with van der Waals surface area (Å²) >= 11 is 9.63. The lowest BCUT2D eigenvalue weighted by molar-refractivity contribution is -0.123. The lowest BCUT2D eigenvalue weighted by atomic mass is 10.1. The number of carbonyl (C=O) groups excluding carboxylic acids is 2. The minimum atomic E-state index is -0.387. The lowest BCUT2D eigenvalue weighted by Gasteiger charge is -2.30. The number of amides is 2. The minimum absolute atomic E-state index is 0.142. The van der Waals surface area contributed by atoms with Crippen molar-refractivity contribution in [2.45, 2.75) is 6.54 Å². The van der Waals surface area contributed by atoms with E-state index >= 15 is 0 Å². The Morgan fingerprint density at radius 2 is 1.74 bits per heavy atom. The third kappa shape index (κ3) is 4.81. The van der Waals surface area contributed by atoms with Gasteiger partial charge in [-0.05, 0) is 41.5 Å². The predicted molar refractivity (Wildman–Crippen MR) is 125 cm³/mol. The summed E-state index contributed by atoms with van der Waals surface area (Å²) in [5.41, 5.74) is 2.15. The maximum Gasteiger partial charge on any atom is 0.294 e. The van der Waals surface area contributed by atoms with Crippen LogP contribution in [0.15, 0.2) is 83.0 Å². The van der Waals surface area contributed by atoms with Gasteiger partial charge in [0.2, 0.25) is 5.91 Å². The first-order valence-electron chi connectivity index (χ1n) is 9.58. The highest BCUT2D eigenvalue weighted by atomic mass is 79.9. The van der Waals surface area contributed by atoms with Crippen LogP contribution in [-0.2, 0) is 16.1 Å². The summed E-state index contributed by atoms with van der Waals surface area (Å²) in [6, 6.07) is 22.0. The molecule has 0 radical (unpaired) electrons. The number of halogens is 2. The normalized spacial score (nSPS) is 14.2. The molecule has 0 bridgehead atoms. The van der Waals surface area contributed by atoms with Gasteiger partial charge >= 0.3 is 0 Å². The Morgan fingerprint density at radius 3 is 2.55 bits per heavy atom. The molecule has 0 unspecified atom stereocenters. The predicted octanol–water partition coefficient (Wildman–Crippen LogP) is 5.19. The van der Waals surface area contributed by atoms with Gasteiger partial charge in [-0.3, -0.25) is 14.5 Å². The zero-order chi connectivity index (χ0) is 21.8. The molecule has 0 aliphatic carbocycles. The number of anilines is 1. The zero-order valence-corrected chi connectivity index (χ0v) is 18.7. The topological polar surface area (TPSA) is 58.6 Å². The Hall–Kier alpha value is -3.09. The highest BCUT2D eigenvalue weighted by Gasteiger charge is 2.31. The maximum atomic E-state index is 13.2. The van der Waals surface area contributed by atoms with Crippen molar-refractivity contribution >= 4 is 51.1 Å². The Bertz CT molecular complexity index is 1180. The second kappa shape index (κ2) is 9.37. The number of para-hydroxylation sites is 2. The molecule has 0 spiro atoms. The summed E-state index contributed by atoms with van der Waals surface area (Å²) in [4.78, 5) is 27.3. The van der Waals surface area contributed by atoms with Crippen LogP contribution < -0.4 is 15.0 Å². The van der Waals surface area contributed by atoms with Crippen molar-refractivity contribution in [2.24, 2.45) is 0 Å². The second-order valence-corrected chi connectivity index (χ2v) is 8.12. The van der Waals surface area contributed by atoms with Gasteiger partial charge in [-0.25, -0.2) is 0 Å². The van der Waals surface area contributed by atoms with Gasteiger partial charge in [0.25, 0.3) is 5.91 Å². The van der Waals surface area contributed by atoms with Crippen molar-refractivity contribution in [3.8, 4) is 5.75 Å². The largest absolute Gasteiger partial charge is 0.449 e. The van der Waals surface area contributed by atoms with Crippen molar-refractivity contribution in [3.63, 3.8) is 0 Å². The van der Waals surface area contributed by atoms with Gasteiger partial charge in [0, 0.05) is 16.0 Å². The maximum absolute atomic E-state index is 13.2. The quantitative estimate of drug-likeness (QED) is 0.494. The van der Waals surface area contributed by atoms with Crippen molar-refractivity contribution in [1.29, 1.82) is 0 Å². The molecule has 0 fully saturated rings. The van der Waals surface area contributed by atoms with Crippen molar-refractivity contribution < 1.29 is 14.3 Å². The fraction of sp³-hybridized carbons (Fsp3) is 0.0833. The molecule has 1 N–H and O–H groups in total. The molecule has 1 aliphatic rings. The van der Waals surface area contributed by atoms with Crippen LogP contribution in [0.25, 0.3) is 6.08 Å². The monoisotopic (exact) mass is 496 g/mol. The number of nitrogens with zero attached hydrogens (tertiary/aromatic N) is 1. The van der Waals surface area contributed by atoms with E-state index in [0.29, 0.717) is 16.5 Å². The van der Waals surface area contributed by atoms with Crippen LogP contribution in [0.3, 0.4) is 0 Å². The van der Waals surface area contributed by atoms with E-state index in [2.05, 4.69) is 21.2 Å². The lowest BCUT2D eigenvalue weighted by Crippen LogP contribution is -2.44. The second-order valence-electron chi connectivity index (χ2n) is 6.86. The Kier molecular flexibility index (Phi) is 6.39. The van der Waals surface area contributed by atoms with E-state index in [-0.39, 0.29) is 30.7 Å². The first-order chi connectivity index (χ1) is 15.0. The number of ether oxygens (including phenoxy) is 1. The number of fused-ring (bicyclic) bond motifs is 1. The third-order valence-corrected chi connectivity index (χ3v) is 5.85. The number of benzene rings is 3. The summed E-state index contributed by atoms with van der Waals surface area (Å²) in [6.45, 7) is 0.134. The average molecular weight is 498 g/mol. The van der Waals surface area contributed by atoms with Crippen LogP contribution in [0, 0.1) is 0 Å². The number of nitrogens with one attached hydrogen (secondary N) is 1. The number of hydrogen-bond acceptors (Lipinski definition) is 3. The van der Waals surface area contributed by atoms with E-state index < -0.39 is 0 Å². The summed E-state index contributed by atoms with van der Waals surface area (Å²) in [5.74, 6) is -0.0311. The molecule has 0 saturated carbocycles. The standard InChI is InChI=1S/C24H18BrClN2O3/c25-18-9-3-1-7-16(18)13-22-24(30)28(20-11-5-6-12-21(20)31-22)15-23(29)27-14-17-8-2-4-10-19(17)26/h1-13H,14-15H2,(H,27,29). The molecular formula is C24H18BrClN2O3. The summed E-state index contributed by atoms with van der Waals surface area (Å²) in [5, 5.41) is 3.41. The smallest absolute Gasteiger partial charge is 0.294 e. The third-order valence-electron chi connectivity index (χ3n) is 4.76.